The van der Waals surface area contributed by atoms with Crippen molar-refractivity contribution in [2.45, 2.75) is 31.7 Å². The minimum Gasteiger partial charge on any atom is -0.508 e. The highest BCUT2D eigenvalue weighted by molar-refractivity contribution is 6.30. The van der Waals surface area contributed by atoms with Crippen LogP contribution in [0.1, 0.15) is 37.3 Å². The van der Waals surface area contributed by atoms with Crippen molar-refractivity contribution in [3.05, 3.63) is 64.7 Å². The van der Waals surface area contributed by atoms with Crippen LogP contribution in [0.5, 0.6) is 5.75 Å². The maximum Gasteiger partial charge on any atom is 0.245 e. The number of nitrogens with one attached hydrogen (secondary N) is 1. The number of hydrogen-bond acceptors (Lipinski definition) is 3. The number of nitrogens with zero attached hydrogens (tertiary/aromatic N) is 1. The average Bonchev–Trinajstić information content (AvgIpc) is 2.61. The van der Waals surface area contributed by atoms with Crippen molar-refractivity contribution in [3.8, 4) is 5.75 Å². The highest BCUT2D eigenvalue weighted by atomic mass is 35.5. The van der Waals surface area contributed by atoms with Crippen LogP contribution < -0.4 is 5.32 Å². The van der Waals surface area contributed by atoms with Gasteiger partial charge in [-0.15, -0.1) is 0 Å². The summed E-state index contributed by atoms with van der Waals surface area (Å²) in [5, 5.41) is 13.3. The number of benzene rings is 2. The zero-order valence-corrected chi connectivity index (χ0v) is 16.2. The fourth-order valence-electron chi connectivity index (χ4n) is 3.51. The number of carbonyl (C=O) groups is 2. The quantitative estimate of drug-likeness (QED) is 0.847. The molecule has 142 valence electrons. The van der Waals surface area contributed by atoms with Gasteiger partial charge in [-0.05, 0) is 49.2 Å². The Bertz CT molecular complexity index is 821. The molecule has 1 aliphatic rings. The predicted octanol–water partition coefficient (Wildman–Crippen LogP) is 3.30. The monoisotopic (exact) mass is 386 g/mol. The summed E-state index contributed by atoms with van der Waals surface area (Å²) in [5.74, 6) is -0.393. The van der Waals surface area contributed by atoms with Crippen LogP contribution in [-0.4, -0.2) is 40.4 Å². The van der Waals surface area contributed by atoms with E-state index in [1.54, 1.807) is 43.0 Å². The highest BCUT2D eigenvalue weighted by Crippen LogP contribution is 2.33. The minimum atomic E-state index is -0.896. The fourth-order valence-corrected chi connectivity index (χ4v) is 3.71. The summed E-state index contributed by atoms with van der Waals surface area (Å²) in [5.41, 5.74) is 0.818. The number of piperazine rings is 1. The van der Waals surface area contributed by atoms with Crippen LogP contribution in [0.25, 0.3) is 0 Å². The second-order valence-corrected chi connectivity index (χ2v) is 7.70. The van der Waals surface area contributed by atoms with Gasteiger partial charge in [-0.25, -0.2) is 0 Å². The molecular formula is C21H23ClN2O3. The maximum atomic E-state index is 13.1. The zero-order chi connectivity index (χ0) is 19.6. The zero-order valence-electron chi connectivity index (χ0n) is 15.4. The minimum absolute atomic E-state index is 0.108. The third-order valence-corrected chi connectivity index (χ3v) is 5.29. The lowest BCUT2D eigenvalue weighted by atomic mass is 9.87. The van der Waals surface area contributed by atoms with Gasteiger partial charge >= 0.3 is 0 Å². The molecule has 2 aromatic rings. The predicted molar refractivity (Wildman–Crippen MR) is 105 cm³/mol. The molecule has 6 heteroatoms. The number of aromatic hydroxyl groups is 1. The Hall–Kier alpha value is -2.53. The molecule has 1 aliphatic heterocycles. The Morgan fingerprint density at radius 1 is 1.22 bits per heavy atom. The van der Waals surface area contributed by atoms with Crippen molar-refractivity contribution in [2.75, 3.05) is 13.1 Å². The first-order chi connectivity index (χ1) is 12.8. The Morgan fingerprint density at radius 2 is 1.89 bits per heavy atom. The molecule has 3 rings (SSSR count). The number of hydrogen-bond donors (Lipinski definition) is 2. The van der Waals surface area contributed by atoms with Crippen LogP contribution in [-0.2, 0) is 9.59 Å². The van der Waals surface area contributed by atoms with E-state index in [-0.39, 0.29) is 29.9 Å². The molecule has 1 saturated heterocycles. The van der Waals surface area contributed by atoms with Gasteiger partial charge < -0.3 is 15.3 Å². The molecule has 0 saturated carbocycles. The van der Waals surface area contributed by atoms with Crippen molar-refractivity contribution in [2.24, 2.45) is 0 Å². The lowest BCUT2D eigenvalue weighted by Gasteiger charge is -2.41. The topological polar surface area (TPSA) is 69.6 Å². The molecule has 0 aromatic heterocycles. The number of amides is 2. The van der Waals surface area contributed by atoms with E-state index in [0.29, 0.717) is 18.1 Å². The van der Waals surface area contributed by atoms with Gasteiger partial charge in [-0.3, -0.25) is 9.59 Å². The smallest absolute Gasteiger partial charge is 0.245 e. The van der Waals surface area contributed by atoms with Gasteiger partial charge in [0, 0.05) is 30.5 Å². The second-order valence-electron chi connectivity index (χ2n) is 7.27. The molecule has 0 unspecified atom stereocenters. The van der Waals surface area contributed by atoms with E-state index in [0.717, 1.165) is 11.1 Å². The Kier molecular flexibility index (Phi) is 5.42. The summed E-state index contributed by atoms with van der Waals surface area (Å²) in [6, 6.07) is 14.3. The molecule has 1 heterocycles. The van der Waals surface area contributed by atoms with E-state index in [2.05, 4.69) is 5.32 Å². The molecule has 2 N–H and O–H groups in total. The molecule has 27 heavy (non-hydrogen) atoms. The number of phenols is 1. The fraction of sp³-hybridized carbons (Fsp3) is 0.333. The van der Waals surface area contributed by atoms with E-state index in [9.17, 15) is 14.7 Å². The molecule has 1 atom stereocenters. The van der Waals surface area contributed by atoms with Gasteiger partial charge in [0.05, 0.1) is 0 Å². The summed E-state index contributed by atoms with van der Waals surface area (Å²) < 4.78 is 0. The summed E-state index contributed by atoms with van der Waals surface area (Å²) in [6.45, 7) is 4.42. The molecule has 0 bridgehead atoms. The first-order valence-corrected chi connectivity index (χ1v) is 9.30. The Morgan fingerprint density at radius 3 is 2.56 bits per heavy atom. The lowest BCUT2D eigenvalue weighted by Crippen LogP contribution is -2.63. The van der Waals surface area contributed by atoms with Gasteiger partial charge in [-0.1, -0.05) is 35.9 Å². The number of rotatable bonds is 4. The van der Waals surface area contributed by atoms with Crippen LogP contribution in [0.4, 0.5) is 0 Å². The van der Waals surface area contributed by atoms with Crippen LogP contribution in [0.15, 0.2) is 48.5 Å². The standard InChI is InChI=1S/C21H23ClN2O3/c1-21(2)20(27)23-9-10-24(21)19(26)13-18(14-5-3-7-16(22)11-14)15-6-4-8-17(25)12-15/h3-8,11-12,18,25H,9-10,13H2,1-2H3,(H,23,27)/t18-/m0/s1. The third kappa shape index (κ3) is 4.08. The van der Waals surface area contributed by atoms with Crippen molar-refractivity contribution in [1.82, 2.24) is 10.2 Å². The molecule has 2 amide bonds. The van der Waals surface area contributed by atoms with Crippen LogP contribution in [0.2, 0.25) is 5.02 Å². The molecule has 5 nitrogen and oxygen atoms in total. The van der Waals surface area contributed by atoms with Crippen molar-refractivity contribution < 1.29 is 14.7 Å². The third-order valence-electron chi connectivity index (χ3n) is 5.05. The lowest BCUT2D eigenvalue weighted by molar-refractivity contribution is -0.149. The summed E-state index contributed by atoms with van der Waals surface area (Å²) >= 11 is 6.16. The number of halogens is 1. The molecular weight excluding hydrogens is 364 g/mol. The van der Waals surface area contributed by atoms with Gasteiger partial charge in [0.2, 0.25) is 11.8 Å². The van der Waals surface area contributed by atoms with E-state index in [1.807, 2.05) is 24.3 Å². The normalized spacial score (nSPS) is 17.3. The maximum absolute atomic E-state index is 13.1. The van der Waals surface area contributed by atoms with Crippen LogP contribution in [0, 0.1) is 0 Å². The summed E-state index contributed by atoms with van der Waals surface area (Å²) in [4.78, 5) is 27.0. The van der Waals surface area contributed by atoms with Gasteiger partial charge in [0.15, 0.2) is 0 Å². The Labute approximate surface area is 163 Å². The largest absolute Gasteiger partial charge is 0.508 e. The van der Waals surface area contributed by atoms with Crippen LogP contribution >= 0.6 is 11.6 Å². The van der Waals surface area contributed by atoms with E-state index in [1.165, 1.54) is 0 Å². The van der Waals surface area contributed by atoms with E-state index in [4.69, 9.17) is 11.6 Å². The van der Waals surface area contributed by atoms with Crippen molar-refractivity contribution in [1.29, 1.82) is 0 Å². The molecule has 0 aliphatic carbocycles. The van der Waals surface area contributed by atoms with E-state index >= 15 is 0 Å². The SMILES string of the molecule is CC1(C)C(=O)NCCN1C(=O)C[C@H](c1cccc(O)c1)c1cccc(Cl)c1. The summed E-state index contributed by atoms with van der Waals surface area (Å²) in [6.07, 6.45) is 0.181. The van der Waals surface area contributed by atoms with Gasteiger partial charge in [0.1, 0.15) is 11.3 Å². The van der Waals surface area contributed by atoms with Crippen LogP contribution in [0.3, 0.4) is 0 Å². The van der Waals surface area contributed by atoms with Gasteiger partial charge in [0.25, 0.3) is 0 Å². The molecule has 0 radical (unpaired) electrons. The first kappa shape index (κ1) is 19.2. The first-order valence-electron chi connectivity index (χ1n) is 8.92. The molecule has 1 fully saturated rings. The van der Waals surface area contributed by atoms with E-state index < -0.39 is 5.54 Å². The second kappa shape index (κ2) is 7.61. The number of phenolic OH excluding ortho intramolecular Hbond substituents is 1. The number of carbonyl (C=O) groups excluding carboxylic acids is 2. The molecule has 0 spiro atoms. The Balaban J connectivity index is 1.94. The average molecular weight is 387 g/mol. The van der Waals surface area contributed by atoms with Gasteiger partial charge in [-0.2, -0.15) is 0 Å². The molecule has 2 aromatic carbocycles. The van der Waals surface area contributed by atoms with Crippen molar-refractivity contribution in [3.63, 3.8) is 0 Å². The van der Waals surface area contributed by atoms with Crippen molar-refractivity contribution >= 4 is 23.4 Å². The highest BCUT2D eigenvalue weighted by Gasteiger charge is 2.40. The summed E-state index contributed by atoms with van der Waals surface area (Å²) in [7, 11) is 0.